The number of hydrogen-bond donors (Lipinski definition) is 3. The number of alkyl carbamates (subject to hydrolysis) is 1. The van der Waals surface area contributed by atoms with Crippen molar-refractivity contribution in [3.8, 4) is 0 Å². The Labute approximate surface area is 198 Å². The maximum Gasteiger partial charge on any atom is 0.408 e. The molecule has 3 rings (SSSR count). The van der Waals surface area contributed by atoms with E-state index in [1.54, 1.807) is 0 Å². The number of aliphatic carboxylic acids is 1. The van der Waals surface area contributed by atoms with Crippen LogP contribution < -0.4 is 10.6 Å². The lowest BCUT2D eigenvalue weighted by Crippen LogP contribution is -2.53. The van der Waals surface area contributed by atoms with Crippen LogP contribution in [0.3, 0.4) is 0 Å². The maximum absolute atomic E-state index is 13.1. The van der Waals surface area contributed by atoms with Crippen LogP contribution in [0.15, 0.2) is 84.9 Å². The summed E-state index contributed by atoms with van der Waals surface area (Å²) in [6, 6.07) is 23.6. The summed E-state index contributed by atoms with van der Waals surface area (Å²) in [4.78, 5) is 37.3. The fraction of sp³-hybridized carbons (Fsp3) is 0.222. The predicted molar refractivity (Wildman–Crippen MR) is 128 cm³/mol. The molecule has 0 aromatic heterocycles. The Hall–Kier alpha value is -4.13. The van der Waals surface area contributed by atoms with Crippen LogP contribution in [0.2, 0.25) is 0 Å². The van der Waals surface area contributed by atoms with Gasteiger partial charge in [-0.05, 0) is 23.6 Å². The molecular weight excluding hydrogens is 432 g/mol. The van der Waals surface area contributed by atoms with Gasteiger partial charge in [0.25, 0.3) is 0 Å². The van der Waals surface area contributed by atoms with Crippen LogP contribution in [0, 0.1) is 6.92 Å². The molecule has 0 radical (unpaired) electrons. The van der Waals surface area contributed by atoms with E-state index in [2.05, 4.69) is 10.6 Å². The first-order chi connectivity index (χ1) is 16.4. The highest BCUT2D eigenvalue weighted by Gasteiger charge is 2.27. The fourth-order valence-electron chi connectivity index (χ4n) is 3.40. The molecule has 0 spiro atoms. The number of amides is 2. The molecule has 7 nitrogen and oxygen atoms in total. The maximum atomic E-state index is 13.1. The lowest BCUT2D eigenvalue weighted by atomic mass is 10.0. The molecule has 0 unspecified atom stereocenters. The Morgan fingerprint density at radius 2 is 1.26 bits per heavy atom. The lowest BCUT2D eigenvalue weighted by Gasteiger charge is -2.21. The van der Waals surface area contributed by atoms with E-state index in [0.717, 1.165) is 22.3 Å². The van der Waals surface area contributed by atoms with Crippen molar-refractivity contribution >= 4 is 18.0 Å². The van der Waals surface area contributed by atoms with Gasteiger partial charge in [0.15, 0.2) is 0 Å². The van der Waals surface area contributed by atoms with E-state index >= 15 is 0 Å². The Balaban J connectivity index is 1.68. The van der Waals surface area contributed by atoms with Gasteiger partial charge in [-0.2, -0.15) is 0 Å². The largest absolute Gasteiger partial charge is 0.480 e. The number of carbonyl (C=O) groups is 3. The summed E-state index contributed by atoms with van der Waals surface area (Å²) in [5, 5.41) is 14.8. The van der Waals surface area contributed by atoms with Gasteiger partial charge in [0.05, 0.1) is 0 Å². The van der Waals surface area contributed by atoms with Crippen LogP contribution in [0.5, 0.6) is 0 Å². The molecule has 0 bridgehead atoms. The monoisotopic (exact) mass is 460 g/mol. The molecule has 7 heteroatoms. The normalized spacial score (nSPS) is 12.3. The second-order valence-corrected chi connectivity index (χ2v) is 8.04. The molecule has 0 fully saturated rings. The first-order valence-electron chi connectivity index (χ1n) is 11.0. The van der Waals surface area contributed by atoms with E-state index < -0.39 is 30.1 Å². The summed E-state index contributed by atoms with van der Waals surface area (Å²) < 4.78 is 5.26. The second kappa shape index (κ2) is 12.2. The molecule has 0 saturated carbocycles. The molecule has 2 amide bonds. The van der Waals surface area contributed by atoms with Gasteiger partial charge in [0, 0.05) is 12.8 Å². The Morgan fingerprint density at radius 1 is 0.735 bits per heavy atom. The van der Waals surface area contributed by atoms with Crippen molar-refractivity contribution in [3.63, 3.8) is 0 Å². The van der Waals surface area contributed by atoms with Gasteiger partial charge >= 0.3 is 12.1 Å². The molecular formula is C27H28N2O5. The van der Waals surface area contributed by atoms with Gasteiger partial charge < -0.3 is 20.5 Å². The molecule has 3 N–H and O–H groups in total. The van der Waals surface area contributed by atoms with Crippen molar-refractivity contribution in [2.75, 3.05) is 0 Å². The van der Waals surface area contributed by atoms with Gasteiger partial charge in [-0.15, -0.1) is 0 Å². The zero-order valence-corrected chi connectivity index (χ0v) is 18.9. The van der Waals surface area contributed by atoms with E-state index in [0.29, 0.717) is 0 Å². The summed E-state index contributed by atoms with van der Waals surface area (Å²) in [6.45, 7) is 1.99. The minimum absolute atomic E-state index is 0.0531. The number of rotatable bonds is 10. The number of nitrogens with one attached hydrogen (secondary N) is 2. The number of carboxylic acids is 1. The highest BCUT2D eigenvalue weighted by atomic mass is 16.5. The highest BCUT2D eigenvalue weighted by molar-refractivity contribution is 5.89. The van der Waals surface area contributed by atoms with Gasteiger partial charge in [0.1, 0.15) is 18.7 Å². The van der Waals surface area contributed by atoms with Gasteiger partial charge in [0.2, 0.25) is 5.91 Å². The van der Waals surface area contributed by atoms with E-state index in [-0.39, 0.29) is 19.4 Å². The number of carboxylic acid groups (broad SMARTS) is 1. The first kappa shape index (κ1) is 24.5. The number of hydrogen-bond acceptors (Lipinski definition) is 4. The van der Waals surface area contributed by atoms with Crippen LogP contribution in [-0.2, 0) is 33.8 Å². The smallest absolute Gasteiger partial charge is 0.408 e. The van der Waals surface area contributed by atoms with Crippen LogP contribution in [0.25, 0.3) is 0 Å². The summed E-state index contributed by atoms with van der Waals surface area (Å²) in [5.41, 5.74) is 3.47. The third-order valence-corrected chi connectivity index (χ3v) is 5.28. The number of ether oxygens (including phenoxy) is 1. The number of carbonyl (C=O) groups excluding carboxylic acids is 2. The summed E-state index contributed by atoms with van der Waals surface area (Å²) in [7, 11) is 0. The Kier molecular flexibility index (Phi) is 8.80. The van der Waals surface area contributed by atoms with E-state index in [1.165, 1.54) is 0 Å². The van der Waals surface area contributed by atoms with Gasteiger partial charge in [-0.25, -0.2) is 9.59 Å². The SMILES string of the molecule is Cc1ccc(C[C@H](NC(=O)[C@@H](Cc2ccccc2)NC(=O)OCc2ccccc2)C(=O)O)cc1. The van der Waals surface area contributed by atoms with E-state index in [1.807, 2.05) is 91.9 Å². The fourth-order valence-corrected chi connectivity index (χ4v) is 3.40. The molecule has 0 saturated heterocycles. The second-order valence-electron chi connectivity index (χ2n) is 8.04. The summed E-state index contributed by atoms with van der Waals surface area (Å²) in [5.74, 6) is -1.75. The molecule has 0 aliphatic heterocycles. The molecule has 3 aromatic rings. The molecule has 2 atom stereocenters. The van der Waals surface area contributed by atoms with Crippen LogP contribution in [0.1, 0.15) is 22.3 Å². The number of aryl methyl sites for hydroxylation is 1. The van der Waals surface area contributed by atoms with Crippen molar-refractivity contribution in [1.29, 1.82) is 0 Å². The van der Waals surface area contributed by atoms with Crippen molar-refractivity contribution in [2.24, 2.45) is 0 Å². The number of benzene rings is 3. The van der Waals surface area contributed by atoms with Crippen LogP contribution in [0.4, 0.5) is 4.79 Å². The summed E-state index contributed by atoms with van der Waals surface area (Å²) >= 11 is 0. The minimum Gasteiger partial charge on any atom is -0.480 e. The standard InChI is InChI=1S/C27H28N2O5/c1-19-12-14-21(15-13-19)17-24(26(31)32)28-25(30)23(16-20-8-4-2-5-9-20)29-27(33)34-18-22-10-6-3-7-11-22/h2-15,23-24H,16-18H2,1H3,(H,28,30)(H,29,33)(H,31,32)/t23-,24+/m1/s1. The third kappa shape index (κ3) is 7.78. The van der Waals surface area contributed by atoms with Crippen molar-refractivity contribution in [3.05, 3.63) is 107 Å². The molecule has 0 aliphatic carbocycles. The van der Waals surface area contributed by atoms with E-state index in [9.17, 15) is 19.5 Å². The first-order valence-corrected chi connectivity index (χ1v) is 11.0. The van der Waals surface area contributed by atoms with Crippen molar-refractivity contribution in [1.82, 2.24) is 10.6 Å². The predicted octanol–water partition coefficient (Wildman–Crippen LogP) is 3.64. The quantitative estimate of drug-likeness (QED) is 0.428. The molecule has 34 heavy (non-hydrogen) atoms. The zero-order chi connectivity index (χ0) is 24.3. The summed E-state index contributed by atoms with van der Waals surface area (Å²) in [6.07, 6.45) is -0.452. The average Bonchev–Trinajstić information content (AvgIpc) is 2.84. The Morgan fingerprint density at radius 3 is 1.85 bits per heavy atom. The molecule has 0 heterocycles. The van der Waals surface area contributed by atoms with Gasteiger partial charge in [-0.1, -0.05) is 90.5 Å². The molecule has 176 valence electrons. The third-order valence-electron chi connectivity index (χ3n) is 5.28. The van der Waals surface area contributed by atoms with Crippen molar-refractivity contribution < 1.29 is 24.2 Å². The Bertz CT molecular complexity index is 1090. The topological polar surface area (TPSA) is 105 Å². The lowest BCUT2D eigenvalue weighted by molar-refractivity contribution is -0.142. The van der Waals surface area contributed by atoms with Crippen LogP contribution in [-0.4, -0.2) is 35.2 Å². The average molecular weight is 461 g/mol. The molecule has 0 aliphatic rings. The van der Waals surface area contributed by atoms with E-state index in [4.69, 9.17) is 4.74 Å². The van der Waals surface area contributed by atoms with Crippen LogP contribution >= 0.6 is 0 Å². The molecule has 3 aromatic carbocycles. The highest BCUT2D eigenvalue weighted by Crippen LogP contribution is 2.09. The van der Waals surface area contributed by atoms with Crippen molar-refractivity contribution in [2.45, 2.75) is 38.5 Å². The minimum atomic E-state index is -1.15. The van der Waals surface area contributed by atoms with Gasteiger partial charge in [-0.3, -0.25) is 4.79 Å². The zero-order valence-electron chi connectivity index (χ0n) is 18.9.